The van der Waals surface area contributed by atoms with Gasteiger partial charge in [-0.3, -0.25) is 9.69 Å². The number of aliphatic carboxylic acids is 1. The Balaban J connectivity index is 0.000000298. The molecule has 1 aromatic heterocycles. The summed E-state index contributed by atoms with van der Waals surface area (Å²) in [5, 5.41) is 9.24. The van der Waals surface area contributed by atoms with Crippen LogP contribution in [-0.2, 0) is 20.9 Å². The molecule has 2 aliphatic heterocycles. The second kappa shape index (κ2) is 8.83. The first-order valence-corrected chi connectivity index (χ1v) is 8.97. The normalized spacial score (nSPS) is 22.9. The van der Waals surface area contributed by atoms with Crippen molar-refractivity contribution in [3.8, 4) is 0 Å². The number of nitrogens with zero attached hydrogens (tertiary/aromatic N) is 2. The van der Waals surface area contributed by atoms with Gasteiger partial charge in [-0.1, -0.05) is 6.07 Å². The Morgan fingerprint density at radius 1 is 1.42 bits per heavy atom. The molecule has 0 bridgehead atoms. The Morgan fingerprint density at radius 2 is 2.12 bits per heavy atom. The Kier molecular flexibility index (Phi) is 7.01. The smallest absolute Gasteiger partial charge is 0.475 e. The third-order valence-electron chi connectivity index (χ3n) is 4.45. The molecule has 0 spiro atoms. The molecule has 0 aliphatic carbocycles. The largest absolute Gasteiger partial charge is 0.490 e. The molecule has 2 fully saturated rings. The van der Waals surface area contributed by atoms with E-state index in [1.54, 1.807) is 18.4 Å². The Hall–Kier alpha value is -1.65. The molecule has 0 saturated carbocycles. The number of hydrogen-bond donors (Lipinski definition) is 1. The summed E-state index contributed by atoms with van der Waals surface area (Å²) in [5.74, 6) is -2.46. The number of carboxylic acid groups (broad SMARTS) is 1. The van der Waals surface area contributed by atoms with Crippen LogP contribution in [0, 0.1) is 0 Å². The average molecular weight is 394 g/mol. The predicted octanol–water partition coefficient (Wildman–Crippen LogP) is 2.20. The number of likely N-dealkylation sites (tertiary alicyclic amines) is 2. The van der Waals surface area contributed by atoms with Gasteiger partial charge < -0.3 is 14.7 Å². The van der Waals surface area contributed by atoms with Gasteiger partial charge in [0.2, 0.25) is 5.91 Å². The average Bonchev–Trinajstić information content (AvgIpc) is 3.25. The first kappa shape index (κ1) is 20.7. The fourth-order valence-corrected chi connectivity index (χ4v) is 4.02. The SMILES string of the molecule is COCCN1C(=O)C[C@H]2[C@@H]1CCN2Cc1cccs1.O=C(O)C(F)(F)F. The summed E-state index contributed by atoms with van der Waals surface area (Å²) in [5.41, 5.74) is 0. The highest BCUT2D eigenvalue weighted by Crippen LogP contribution is 2.33. The Morgan fingerprint density at radius 3 is 2.65 bits per heavy atom. The van der Waals surface area contributed by atoms with Crippen LogP contribution in [0.3, 0.4) is 0 Å². The highest BCUT2D eigenvalue weighted by Gasteiger charge is 2.46. The quantitative estimate of drug-likeness (QED) is 0.829. The zero-order valence-electron chi connectivity index (χ0n) is 14.2. The van der Waals surface area contributed by atoms with Crippen molar-refractivity contribution in [2.45, 2.75) is 37.6 Å². The first-order valence-electron chi connectivity index (χ1n) is 8.09. The highest BCUT2D eigenvalue weighted by atomic mass is 32.1. The second-order valence-corrected chi connectivity index (χ2v) is 7.09. The van der Waals surface area contributed by atoms with Crippen molar-refractivity contribution < 1.29 is 32.6 Å². The summed E-state index contributed by atoms with van der Waals surface area (Å²) in [4.78, 5) is 26.9. The van der Waals surface area contributed by atoms with E-state index in [0.29, 0.717) is 31.0 Å². The van der Waals surface area contributed by atoms with Gasteiger partial charge in [-0.25, -0.2) is 4.79 Å². The van der Waals surface area contributed by atoms with Crippen LogP contribution in [0.2, 0.25) is 0 Å². The molecule has 26 heavy (non-hydrogen) atoms. The molecule has 1 aromatic rings. The number of fused-ring (bicyclic) bond motifs is 1. The molecule has 2 atom stereocenters. The number of amides is 1. The molecular weight excluding hydrogens is 373 g/mol. The van der Waals surface area contributed by atoms with Crippen molar-refractivity contribution in [3.63, 3.8) is 0 Å². The van der Waals surface area contributed by atoms with Gasteiger partial charge in [0.1, 0.15) is 0 Å². The van der Waals surface area contributed by atoms with Crippen molar-refractivity contribution in [2.75, 3.05) is 26.8 Å². The molecule has 2 aliphatic rings. The first-order chi connectivity index (χ1) is 12.2. The van der Waals surface area contributed by atoms with Gasteiger partial charge in [-0.15, -0.1) is 11.3 Å². The van der Waals surface area contributed by atoms with Gasteiger partial charge in [0.05, 0.1) is 6.61 Å². The van der Waals surface area contributed by atoms with Crippen LogP contribution in [0.5, 0.6) is 0 Å². The summed E-state index contributed by atoms with van der Waals surface area (Å²) in [7, 11) is 1.69. The maximum Gasteiger partial charge on any atom is 0.490 e. The zero-order valence-corrected chi connectivity index (χ0v) is 15.1. The maximum absolute atomic E-state index is 12.1. The molecule has 10 heteroatoms. The van der Waals surface area contributed by atoms with Crippen LogP contribution in [0.4, 0.5) is 13.2 Å². The van der Waals surface area contributed by atoms with Crippen LogP contribution in [0.25, 0.3) is 0 Å². The molecule has 2 saturated heterocycles. The molecule has 3 heterocycles. The fourth-order valence-electron chi connectivity index (χ4n) is 3.29. The Labute approximate surface area is 153 Å². The topological polar surface area (TPSA) is 70.1 Å². The lowest BCUT2D eigenvalue weighted by Crippen LogP contribution is -2.38. The highest BCUT2D eigenvalue weighted by molar-refractivity contribution is 7.09. The summed E-state index contributed by atoms with van der Waals surface area (Å²) < 4.78 is 36.8. The van der Waals surface area contributed by atoms with Gasteiger partial charge in [-0.05, 0) is 17.9 Å². The predicted molar refractivity (Wildman–Crippen MR) is 88.8 cm³/mol. The van der Waals surface area contributed by atoms with Gasteiger partial charge in [0, 0.05) is 50.1 Å². The van der Waals surface area contributed by atoms with Gasteiger partial charge >= 0.3 is 12.1 Å². The van der Waals surface area contributed by atoms with Crippen LogP contribution >= 0.6 is 11.3 Å². The summed E-state index contributed by atoms with van der Waals surface area (Å²) in [6.45, 7) is 3.47. The van der Waals surface area contributed by atoms with E-state index in [1.807, 2.05) is 4.90 Å². The number of halogens is 3. The van der Waals surface area contributed by atoms with Crippen molar-refractivity contribution in [1.29, 1.82) is 0 Å². The number of carbonyl (C=O) groups is 2. The van der Waals surface area contributed by atoms with Crippen molar-refractivity contribution in [1.82, 2.24) is 9.80 Å². The number of methoxy groups -OCH3 is 1. The third kappa shape index (κ3) is 5.18. The minimum atomic E-state index is -5.08. The lowest BCUT2D eigenvalue weighted by Gasteiger charge is -2.25. The van der Waals surface area contributed by atoms with E-state index in [-0.39, 0.29) is 0 Å². The van der Waals surface area contributed by atoms with E-state index in [4.69, 9.17) is 14.6 Å². The lowest BCUT2D eigenvalue weighted by molar-refractivity contribution is -0.192. The van der Waals surface area contributed by atoms with Crippen LogP contribution in [0.1, 0.15) is 17.7 Å². The van der Waals surface area contributed by atoms with Crippen LogP contribution in [0.15, 0.2) is 17.5 Å². The van der Waals surface area contributed by atoms with E-state index in [0.717, 1.165) is 26.1 Å². The number of carboxylic acids is 1. The number of ether oxygens (including phenoxy) is 1. The minimum Gasteiger partial charge on any atom is -0.475 e. The molecular formula is C16H21F3N2O4S. The van der Waals surface area contributed by atoms with Gasteiger partial charge in [-0.2, -0.15) is 13.2 Å². The minimum absolute atomic E-state index is 0.294. The van der Waals surface area contributed by atoms with Crippen LogP contribution < -0.4 is 0 Å². The molecule has 0 radical (unpaired) electrons. The summed E-state index contributed by atoms with van der Waals surface area (Å²) in [6, 6.07) is 5.09. The van der Waals surface area contributed by atoms with E-state index in [2.05, 4.69) is 22.4 Å². The maximum atomic E-state index is 12.1. The molecule has 0 aromatic carbocycles. The van der Waals surface area contributed by atoms with E-state index in [1.165, 1.54) is 4.88 Å². The van der Waals surface area contributed by atoms with Gasteiger partial charge in [0.15, 0.2) is 0 Å². The fraction of sp³-hybridized carbons (Fsp3) is 0.625. The zero-order chi connectivity index (χ0) is 19.3. The van der Waals surface area contributed by atoms with E-state index in [9.17, 15) is 18.0 Å². The second-order valence-electron chi connectivity index (χ2n) is 6.06. The van der Waals surface area contributed by atoms with Crippen molar-refractivity contribution >= 4 is 23.2 Å². The number of hydrogen-bond acceptors (Lipinski definition) is 5. The molecule has 3 rings (SSSR count). The summed E-state index contributed by atoms with van der Waals surface area (Å²) in [6.07, 6.45) is -3.30. The standard InChI is InChI=1S/C14H20N2O2S.C2HF3O2/c1-18-7-6-16-12-4-5-15(13(12)9-14(16)17)10-11-3-2-8-19-11;3-2(4,5)1(6)7/h2-3,8,12-13H,4-7,9-10H2,1H3;(H,6,7)/t12-,13-;/m0./s1. The summed E-state index contributed by atoms with van der Waals surface area (Å²) >= 11 is 1.80. The van der Waals surface area contributed by atoms with Crippen molar-refractivity contribution in [2.24, 2.45) is 0 Å². The lowest BCUT2D eigenvalue weighted by atomic mass is 10.1. The molecule has 0 unspecified atom stereocenters. The Bertz CT molecular complexity index is 609. The molecule has 146 valence electrons. The monoisotopic (exact) mass is 394 g/mol. The van der Waals surface area contributed by atoms with Gasteiger partial charge in [0.25, 0.3) is 0 Å². The molecule has 1 amide bonds. The third-order valence-corrected chi connectivity index (χ3v) is 5.31. The van der Waals surface area contributed by atoms with E-state index >= 15 is 0 Å². The van der Waals surface area contributed by atoms with Crippen molar-refractivity contribution in [3.05, 3.63) is 22.4 Å². The number of carbonyl (C=O) groups excluding carboxylic acids is 1. The number of alkyl halides is 3. The molecule has 6 nitrogen and oxygen atoms in total. The van der Waals surface area contributed by atoms with E-state index < -0.39 is 12.1 Å². The molecule has 1 N–H and O–H groups in total. The number of rotatable bonds is 5. The number of thiophene rings is 1. The van der Waals surface area contributed by atoms with Crippen LogP contribution in [-0.4, -0.2) is 71.8 Å².